The largest absolute Gasteiger partial charge is 0.403 e. The summed E-state index contributed by atoms with van der Waals surface area (Å²) in [5, 5.41) is 18.2. The van der Waals surface area contributed by atoms with E-state index in [2.05, 4.69) is 6.58 Å². The van der Waals surface area contributed by atoms with E-state index in [1.807, 2.05) is 0 Å². The summed E-state index contributed by atoms with van der Waals surface area (Å²) in [5.41, 5.74) is -3.45. The number of hydrogen-bond acceptors (Lipinski definition) is 2. The quantitative estimate of drug-likeness (QED) is 0.591. The van der Waals surface area contributed by atoms with E-state index in [-0.39, 0.29) is 5.56 Å². The van der Waals surface area contributed by atoms with Crippen molar-refractivity contribution in [1.29, 1.82) is 10.5 Å². The minimum atomic E-state index is -5.82. The Morgan fingerprint density at radius 3 is 1.65 bits per heavy atom. The smallest absolute Gasteiger partial charge is 0.196 e. The molecule has 2 nitrogen and oxygen atoms in total. The maximum atomic E-state index is 13.0. The molecule has 0 aliphatic rings. The van der Waals surface area contributed by atoms with Crippen molar-refractivity contribution in [3.05, 3.63) is 48.6 Å². The van der Waals surface area contributed by atoms with Crippen LogP contribution in [0.1, 0.15) is 11.5 Å². The molecule has 0 fully saturated rings. The summed E-state index contributed by atoms with van der Waals surface area (Å²) in [6, 6.07) is 8.63. The van der Waals surface area contributed by atoms with Gasteiger partial charge in [0.1, 0.15) is 0 Å². The van der Waals surface area contributed by atoms with Gasteiger partial charge in [0, 0.05) is 5.92 Å². The molecule has 0 amide bonds. The van der Waals surface area contributed by atoms with Crippen molar-refractivity contribution >= 4 is 0 Å². The van der Waals surface area contributed by atoms with E-state index >= 15 is 0 Å². The first-order chi connectivity index (χ1) is 10.5. The van der Waals surface area contributed by atoms with Crippen molar-refractivity contribution in [3.8, 4) is 12.1 Å². The minimum absolute atomic E-state index is 0.0379. The van der Waals surface area contributed by atoms with Crippen molar-refractivity contribution in [3.63, 3.8) is 0 Å². The van der Waals surface area contributed by atoms with Crippen LogP contribution >= 0.6 is 0 Å². The molecule has 0 aliphatic heterocycles. The number of hydrogen-bond donors (Lipinski definition) is 0. The second-order valence-corrected chi connectivity index (χ2v) is 4.73. The van der Waals surface area contributed by atoms with Gasteiger partial charge in [-0.15, -0.1) is 6.58 Å². The van der Waals surface area contributed by atoms with Crippen molar-refractivity contribution in [2.75, 3.05) is 0 Å². The van der Waals surface area contributed by atoms with Crippen LogP contribution in [-0.4, -0.2) is 12.4 Å². The molecule has 0 saturated heterocycles. The SMILES string of the molecule is C=CC(c1ccccc1)C(C#N)(C#N)C(C(F)(F)F)C(F)(F)F. The van der Waals surface area contributed by atoms with Gasteiger partial charge < -0.3 is 0 Å². The van der Waals surface area contributed by atoms with Gasteiger partial charge in [-0.2, -0.15) is 36.9 Å². The molecule has 0 saturated carbocycles. The molecule has 1 unspecified atom stereocenters. The summed E-state index contributed by atoms with van der Waals surface area (Å²) in [6.07, 6.45) is -10.9. The van der Waals surface area contributed by atoms with Crippen LogP contribution in [-0.2, 0) is 0 Å². The zero-order valence-electron chi connectivity index (χ0n) is 11.5. The molecule has 0 N–H and O–H groups in total. The van der Waals surface area contributed by atoms with E-state index in [9.17, 15) is 26.3 Å². The first kappa shape index (κ1) is 18.6. The number of rotatable bonds is 4. The average Bonchev–Trinajstić information content (AvgIpc) is 2.45. The van der Waals surface area contributed by atoms with E-state index in [0.717, 1.165) is 18.2 Å². The van der Waals surface area contributed by atoms with Gasteiger partial charge in [-0.05, 0) is 5.56 Å². The standard InChI is InChI=1S/C15H10F6N2/c1-2-11(10-6-4-3-5-7-10)13(8-22,9-23)12(14(16,17)18)15(19,20)21/h2-7,11-12H,1H2. The second kappa shape index (κ2) is 6.33. The molecule has 0 bridgehead atoms. The monoisotopic (exact) mass is 332 g/mol. The minimum Gasteiger partial charge on any atom is -0.196 e. The third kappa shape index (κ3) is 3.48. The highest BCUT2D eigenvalue weighted by molar-refractivity contribution is 5.36. The number of allylic oxidation sites excluding steroid dienone is 1. The maximum absolute atomic E-state index is 13.0. The van der Waals surface area contributed by atoms with Crippen LogP contribution < -0.4 is 0 Å². The lowest BCUT2D eigenvalue weighted by molar-refractivity contribution is -0.303. The fraction of sp³-hybridized carbons (Fsp3) is 0.333. The Bertz CT molecular complexity index is 605. The summed E-state index contributed by atoms with van der Waals surface area (Å²) in [7, 11) is 0. The van der Waals surface area contributed by atoms with Gasteiger partial charge in [-0.25, -0.2) is 0 Å². The normalized spacial score (nSPS) is 14.0. The highest BCUT2D eigenvalue weighted by Gasteiger charge is 2.69. The predicted octanol–water partition coefficient (Wildman–Crippen LogP) is 4.73. The summed E-state index contributed by atoms with van der Waals surface area (Å²) < 4.78 is 78.2. The Labute approximate surface area is 128 Å². The Morgan fingerprint density at radius 2 is 1.35 bits per heavy atom. The Kier molecular flexibility index (Phi) is 5.11. The zero-order chi connectivity index (χ0) is 17.9. The molecule has 122 valence electrons. The van der Waals surface area contributed by atoms with Crippen LogP contribution in [0, 0.1) is 34.0 Å². The Morgan fingerprint density at radius 1 is 0.913 bits per heavy atom. The van der Waals surface area contributed by atoms with Crippen LogP contribution in [0.3, 0.4) is 0 Å². The number of halogens is 6. The summed E-state index contributed by atoms with van der Waals surface area (Å²) in [4.78, 5) is 0. The Balaban J connectivity index is 3.68. The number of nitriles is 2. The fourth-order valence-electron chi connectivity index (χ4n) is 2.42. The molecular formula is C15H10F6N2. The van der Waals surface area contributed by atoms with Crippen molar-refractivity contribution in [2.24, 2.45) is 11.3 Å². The first-order valence-electron chi connectivity index (χ1n) is 6.18. The second-order valence-electron chi connectivity index (χ2n) is 4.73. The van der Waals surface area contributed by atoms with E-state index in [0.29, 0.717) is 0 Å². The molecule has 0 aromatic heterocycles. The van der Waals surface area contributed by atoms with Crippen LogP contribution in [0.25, 0.3) is 0 Å². The molecule has 0 radical (unpaired) electrons. The Hall–Kier alpha value is -2.48. The van der Waals surface area contributed by atoms with Gasteiger partial charge in [0.15, 0.2) is 11.3 Å². The molecule has 1 atom stereocenters. The van der Waals surface area contributed by atoms with Gasteiger partial charge in [0.2, 0.25) is 0 Å². The molecule has 1 rings (SSSR count). The molecule has 0 spiro atoms. The number of nitrogens with zero attached hydrogens (tertiary/aromatic N) is 2. The lowest BCUT2D eigenvalue weighted by Gasteiger charge is -2.36. The number of alkyl halides is 6. The van der Waals surface area contributed by atoms with Gasteiger partial charge in [-0.1, -0.05) is 36.4 Å². The third-order valence-corrected chi connectivity index (χ3v) is 3.36. The van der Waals surface area contributed by atoms with Crippen LogP contribution in [0.2, 0.25) is 0 Å². The average molecular weight is 332 g/mol. The first-order valence-corrected chi connectivity index (χ1v) is 6.18. The van der Waals surface area contributed by atoms with Gasteiger partial charge in [0.05, 0.1) is 12.1 Å². The highest BCUT2D eigenvalue weighted by atomic mass is 19.4. The summed E-state index contributed by atoms with van der Waals surface area (Å²) in [5.74, 6) is -5.90. The lowest BCUT2D eigenvalue weighted by Crippen LogP contribution is -2.50. The van der Waals surface area contributed by atoms with Gasteiger partial charge in [0.25, 0.3) is 0 Å². The maximum Gasteiger partial charge on any atom is 0.403 e. The van der Waals surface area contributed by atoms with E-state index in [1.165, 1.54) is 30.3 Å². The predicted molar refractivity (Wildman–Crippen MR) is 68.6 cm³/mol. The van der Waals surface area contributed by atoms with Crippen molar-refractivity contribution in [2.45, 2.75) is 18.3 Å². The molecule has 0 heterocycles. The van der Waals surface area contributed by atoms with Crippen LogP contribution in [0.15, 0.2) is 43.0 Å². The topological polar surface area (TPSA) is 47.6 Å². The molecule has 1 aromatic carbocycles. The molecule has 1 aromatic rings. The molecule has 8 heteroatoms. The van der Waals surface area contributed by atoms with E-state index in [4.69, 9.17) is 10.5 Å². The molecule has 23 heavy (non-hydrogen) atoms. The van der Waals surface area contributed by atoms with E-state index in [1.54, 1.807) is 0 Å². The van der Waals surface area contributed by atoms with Crippen LogP contribution in [0.4, 0.5) is 26.3 Å². The van der Waals surface area contributed by atoms with E-state index < -0.39 is 29.6 Å². The van der Waals surface area contributed by atoms with Crippen molar-refractivity contribution in [1.82, 2.24) is 0 Å². The van der Waals surface area contributed by atoms with Crippen LogP contribution in [0.5, 0.6) is 0 Å². The van der Waals surface area contributed by atoms with Crippen molar-refractivity contribution < 1.29 is 26.3 Å². The lowest BCUT2D eigenvalue weighted by atomic mass is 9.65. The fourth-order valence-corrected chi connectivity index (χ4v) is 2.42. The van der Waals surface area contributed by atoms with Gasteiger partial charge in [-0.3, -0.25) is 0 Å². The summed E-state index contributed by atoms with van der Waals surface area (Å²) in [6.45, 7) is 3.21. The highest BCUT2D eigenvalue weighted by Crippen LogP contribution is 2.55. The summed E-state index contributed by atoms with van der Waals surface area (Å²) >= 11 is 0. The zero-order valence-corrected chi connectivity index (χ0v) is 11.5. The molecule has 0 aliphatic carbocycles. The van der Waals surface area contributed by atoms with Gasteiger partial charge >= 0.3 is 12.4 Å². The molecular weight excluding hydrogens is 322 g/mol. The third-order valence-electron chi connectivity index (χ3n) is 3.36. The number of benzene rings is 1.